The number of benzene rings is 2. The molecule has 0 spiro atoms. The zero-order chi connectivity index (χ0) is 15.1. The van der Waals surface area contributed by atoms with Gasteiger partial charge >= 0.3 is 0 Å². The molecule has 0 radical (unpaired) electrons. The largest absolute Gasteiger partial charge is 0.233 e. The van der Waals surface area contributed by atoms with E-state index in [0.717, 1.165) is 24.2 Å². The molecular formula is C16H12IN3S. The Kier molecular flexibility index (Phi) is 6.06. The molecule has 0 N–H and O–H groups in total. The molecular weight excluding hydrogens is 393 g/mol. The van der Waals surface area contributed by atoms with Gasteiger partial charge in [0.15, 0.2) is 0 Å². The zero-order valence-electron chi connectivity index (χ0n) is 11.2. The highest BCUT2D eigenvalue weighted by molar-refractivity contribution is 14.2. The fourth-order valence-corrected chi connectivity index (χ4v) is 3.22. The molecule has 2 aromatic rings. The maximum Gasteiger partial charge on any atom is 0.0991 e. The summed E-state index contributed by atoms with van der Waals surface area (Å²) in [5.41, 5.74) is 3.57. The second-order valence-electron chi connectivity index (χ2n) is 4.49. The minimum Gasteiger partial charge on any atom is -0.233 e. The van der Waals surface area contributed by atoms with E-state index in [9.17, 15) is 0 Å². The van der Waals surface area contributed by atoms with Crippen LogP contribution in [0.25, 0.3) is 0 Å². The number of hydrogen-bond acceptors (Lipinski definition) is 4. The lowest BCUT2D eigenvalue weighted by molar-refractivity contribution is 0.468. The van der Waals surface area contributed by atoms with Crippen LogP contribution < -0.4 is 0 Å². The Morgan fingerprint density at radius 1 is 0.905 bits per heavy atom. The summed E-state index contributed by atoms with van der Waals surface area (Å²) in [6.07, 6.45) is 0. The molecule has 21 heavy (non-hydrogen) atoms. The minimum absolute atomic E-state index is 0.678. The van der Waals surface area contributed by atoms with Gasteiger partial charge in [0.2, 0.25) is 0 Å². The van der Waals surface area contributed by atoms with E-state index in [4.69, 9.17) is 10.5 Å². The van der Waals surface area contributed by atoms with Crippen LogP contribution in [-0.2, 0) is 13.1 Å². The first-order chi connectivity index (χ1) is 10.2. The molecule has 0 bridgehead atoms. The third-order valence-electron chi connectivity index (χ3n) is 2.93. The molecule has 0 aromatic heterocycles. The summed E-state index contributed by atoms with van der Waals surface area (Å²) in [4.78, 5) is 0. The summed E-state index contributed by atoms with van der Waals surface area (Å²) < 4.78 is 2.19. The van der Waals surface area contributed by atoms with Gasteiger partial charge in [-0.1, -0.05) is 24.3 Å². The van der Waals surface area contributed by atoms with Crippen LogP contribution >= 0.6 is 30.3 Å². The van der Waals surface area contributed by atoms with Crippen molar-refractivity contribution in [2.45, 2.75) is 13.1 Å². The Morgan fingerprint density at radius 2 is 1.38 bits per heavy atom. The van der Waals surface area contributed by atoms with Gasteiger partial charge in [0.05, 0.1) is 23.3 Å². The van der Waals surface area contributed by atoms with Gasteiger partial charge in [0.25, 0.3) is 0 Å². The summed E-state index contributed by atoms with van der Waals surface area (Å²) in [7, 11) is 1.62. The van der Waals surface area contributed by atoms with Crippen molar-refractivity contribution < 1.29 is 0 Å². The van der Waals surface area contributed by atoms with E-state index in [0.29, 0.717) is 11.1 Å². The summed E-state index contributed by atoms with van der Waals surface area (Å²) >= 11 is 2.25. The summed E-state index contributed by atoms with van der Waals surface area (Å²) in [6.45, 7) is 1.50. The fraction of sp³-hybridized carbons (Fsp3) is 0.125. The summed E-state index contributed by atoms with van der Waals surface area (Å²) in [5.74, 6) is 0. The number of nitriles is 2. The van der Waals surface area contributed by atoms with Crippen molar-refractivity contribution in [3.05, 3.63) is 70.8 Å². The number of nitrogens with zero attached hydrogens (tertiary/aromatic N) is 3. The maximum absolute atomic E-state index is 8.95. The minimum atomic E-state index is 0.678. The van der Waals surface area contributed by atoms with Crippen molar-refractivity contribution in [1.29, 1.82) is 10.5 Å². The molecule has 0 aliphatic rings. The van der Waals surface area contributed by atoms with Crippen molar-refractivity contribution in [3.63, 3.8) is 0 Å². The van der Waals surface area contributed by atoms with E-state index >= 15 is 0 Å². The first-order valence-electron chi connectivity index (χ1n) is 6.27. The topological polar surface area (TPSA) is 50.8 Å². The monoisotopic (exact) mass is 405 g/mol. The molecule has 0 fully saturated rings. The Morgan fingerprint density at radius 3 is 1.76 bits per heavy atom. The molecule has 0 unspecified atom stereocenters. The first kappa shape index (κ1) is 15.8. The molecule has 0 aliphatic carbocycles. The lowest BCUT2D eigenvalue weighted by Gasteiger charge is -2.18. The quantitative estimate of drug-likeness (QED) is 0.546. The van der Waals surface area contributed by atoms with Crippen molar-refractivity contribution in [2.24, 2.45) is 0 Å². The Bertz CT molecular complexity index is 644. The fourth-order valence-electron chi connectivity index (χ4n) is 1.99. The molecule has 0 amide bonds. The third kappa shape index (κ3) is 4.75. The molecule has 5 heteroatoms. The van der Waals surface area contributed by atoms with Crippen LogP contribution in [0, 0.1) is 22.7 Å². The van der Waals surface area contributed by atoms with E-state index in [1.165, 1.54) is 0 Å². The van der Waals surface area contributed by atoms with Gasteiger partial charge in [-0.3, -0.25) is 0 Å². The highest BCUT2D eigenvalue weighted by Crippen LogP contribution is 2.24. The van der Waals surface area contributed by atoms with E-state index in [-0.39, 0.29) is 0 Å². The highest BCUT2D eigenvalue weighted by Gasteiger charge is 2.08. The Labute approximate surface area is 140 Å². The summed E-state index contributed by atoms with van der Waals surface area (Å²) in [5, 5.41) is 17.9. The second kappa shape index (κ2) is 8.04. The average Bonchev–Trinajstić information content (AvgIpc) is 2.54. The number of rotatable bonds is 5. The van der Waals surface area contributed by atoms with E-state index in [2.05, 4.69) is 37.6 Å². The zero-order valence-corrected chi connectivity index (χ0v) is 14.1. The highest BCUT2D eigenvalue weighted by atomic mass is 127. The third-order valence-corrected chi connectivity index (χ3v) is 5.05. The molecule has 0 saturated carbocycles. The van der Waals surface area contributed by atoms with Gasteiger partial charge in [-0.15, -0.1) is 0 Å². The predicted octanol–water partition coefficient (Wildman–Crippen LogP) is 4.43. The van der Waals surface area contributed by atoms with Gasteiger partial charge < -0.3 is 0 Å². The SMILES string of the molecule is N#Cc1cccc(CN(Cc2cccc(C#N)c2)SI)c1. The summed E-state index contributed by atoms with van der Waals surface area (Å²) in [6, 6.07) is 19.6. The van der Waals surface area contributed by atoms with Gasteiger partial charge in [-0.05, 0) is 44.5 Å². The van der Waals surface area contributed by atoms with Crippen LogP contribution in [0.2, 0.25) is 0 Å². The normalized spacial score (nSPS) is 10.1. The number of halogens is 1. The lowest BCUT2D eigenvalue weighted by Crippen LogP contribution is -2.13. The lowest BCUT2D eigenvalue weighted by atomic mass is 10.1. The van der Waals surface area contributed by atoms with Gasteiger partial charge in [-0.25, -0.2) is 4.31 Å². The molecule has 0 saturated heterocycles. The van der Waals surface area contributed by atoms with E-state index < -0.39 is 0 Å². The molecule has 0 aliphatic heterocycles. The molecule has 0 atom stereocenters. The van der Waals surface area contributed by atoms with Gasteiger partial charge in [0, 0.05) is 34.3 Å². The Balaban J connectivity index is 2.09. The molecule has 0 heterocycles. The van der Waals surface area contributed by atoms with Crippen LogP contribution in [0.5, 0.6) is 0 Å². The molecule has 104 valence electrons. The van der Waals surface area contributed by atoms with E-state index in [1.54, 1.807) is 21.3 Å². The maximum atomic E-state index is 8.95. The van der Waals surface area contributed by atoms with E-state index in [1.807, 2.05) is 36.4 Å². The Hall–Kier alpha value is -1.54. The smallest absolute Gasteiger partial charge is 0.0991 e. The second-order valence-corrected chi connectivity index (χ2v) is 6.33. The van der Waals surface area contributed by atoms with Crippen LogP contribution in [0.3, 0.4) is 0 Å². The molecule has 2 rings (SSSR count). The molecule has 3 nitrogen and oxygen atoms in total. The van der Waals surface area contributed by atoms with Crippen molar-refractivity contribution in [3.8, 4) is 12.1 Å². The standard InChI is InChI=1S/C16H12IN3S/c17-21-20(11-15-5-1-3-13(7-15)9-18)12-16-6-2-4-14(8-16)10-19/h1-8H,11-12H2. The van der Waals surface area contributed by atoms with Crippen molar-refractivity contribution in [2.75, 3.05) is 0 Å². The predicted molar refractivity (Wildman–Crippen MR) is 93.2 cm³/mol. The van der Waals surface area contributed by atoms with Crippen LogP contribution in [0.15, 0.2) is 48.5 Å². The van der Waals surface area contributed by atoms with Crippen molar-refractivity contribution >= 4 is 30.3 Å². The van der Waals surface area contributed by atoms with Crippen molar-refractivity contribution in [1.82, 2.24) is 4.31 Å². The van der Waals surface area contributed by atoms with Gasteiger partial charge in [0.1, 0.15) is 0 Å². The average molecular weight is 405 g/mol. The van der Waals surface area contributed by atoms with Gasteiger partial charge in [-0.2, -0.15) is 10.5 Å². The molecule has 2 aromatic carbocycles. The van der Waals surface area contributed by atoms with Crippen LogP contribution in [0.4, 0.5) is 0 Å². The first-order valence-corrected chi connectivity index (χ1v) is 9.58. The van der Waals surface area contributed by atoms with Crippen LogP contribution in [0.1, 0.15) is 22.3 Å². The number of hydrogen-bond donors (Lipinski definition) is 0. The van der Waals surface area contributed by atoms with Crippen LogP contribution in [-0.4, -0.2) is 4.31 Å².